The zero-order valence-corrected chi connectivity index (χ0v) is 18.8. The number of halogens is 1. The molecule has 0 fully saturated rings. The molecule has 0 saturated carbocycles. The summed E-state index contributed by atoms with van der Waals surface area (Å²) >= 11 is 7.42. The lowest BCUT2D eigenvalue weighted by Crippen LogP contribution is -2.28. The minimum atomic E-state index is -0.567. The predicted octanol–water partition coefficient (Wildman–Crippen LogP) is 4.51. The molecule has 0 aliphatic heterocycles. The molecule has 7 nitrogen and oxygen atoms in total. The number of ether oxygens (including phenoxy) is 1. The maximum atomic E-state index is 13.3. The molecule has 0 saturated heterocycles. The van der Waals surface area contributed by atoms with E-state index in [1.165, 1.54) is 29.3 Å². The Hall–Kier alpha value is -3.49. The number of hydrogen-bond acceptors (Lipinski definition) is 6. The molecule has 2 aromatic heterocycles. The minimum absolute atomic E-state index is 0.225. The fourth-order valence-corrected chi connectivity index (χ4v) is 4.57. The number of aryl methyl sites for hydroxylation is 1. The van der Waals surface area contributed by atoms with Crippen LogP contribution in [0.5, 0.6) is 0 Å². The average molecular weight is 468 g/mol. The summed E-state index contributed by atoms with van der Waals surface area (Å²) in [5.41, 5.74) is 1.85. The third-order valence-corrected chi connectivity index (χ3v) is 6.17. The molecule has 4 aromatic rings. The van der Waals surface area contributed by atoms with Crippen LogP contribution in [-0.4, -0.2) is 28.5 Å². The molecule has 1 N–H and O–H groups in total. The highest BCUT2D eigenvalue weighted by Gasteiger charge is 2.19. The zero-order valence-electron chi connectivity index (χ0n) is 17.2. The lowest BCUT2D eigenvalue weighted by atomic mass is 10.0. The summed E-state index contributed by atoms with van der Waals surface area (Å²) < 4.78 is 6.00. The van der Waals surface area contributed by atoms with Gasteiger partial charge in [0.25, 0.3) is 5.56 Å². The first-order valence-corrected chi connectivity index (χ1v) is 10.8. The molecule has 0 radical (unpaired) electrons. The fraction of sp³-hybridized carbons (Fsp3) is 0.130. The Morgan fingerprint density at radius 1 is 1.16 bits per heavy atom. The summed E-state index contributed by atoms with van der Waals surface area (Å²) in [6, 6.07) is 13.7. The zero-order chi connectivity index (χ0) is 22.8. The van der Waals surface area contributed by atoms with Gasteiger partial charge in [-0.3, -0.25) is 14.2 Å². The number of esters is 1. The number of methoxy groups -OCH3 is 1. The van der Waals surface area contributed by atoms with Crippen molar-refractivity contribution >= 4 is 50.7 Å². The number of nitrogens with zero attached hydrogens (tertiary/aromatic N) is 2. The summed E-state index contributed by atoms with van der Waals surface area (Å²) in [6.45, 7) is 1.67. The van der Waals surface area contributed by atoms with E-state index in [9.17, 15) is 14.4 Å². The number of anilines is 1. The lowest BCUT2D eigenvalue weighted by Gasteiger charge is -2.11. The van der Waals surface area contributed by atoms with Gasteiger partial charge in [-0.15, -0.1) is 11.3 Å². The van der Waals surface area contributed by atoms with Gasteiger partial charge in [0.2, 0.25) is 5.91 Å². The van der Waals surface area contributed by atoms with Gasteiger partial charge in [-0.05, 0) is 36.8 Å². The van der Waals surface area contributed by atoms with Gasteiger partial charge in [-0.2, -0.15) is 0 Å². The number of carbonyl (C=O) groups is 2. The third kappa shape index (κ3) is 4.15. The summed E-state index contributed by atoms with van der Waals surface area (Å²) in [6.07, 6.45) is 1.36. The molecule has 0 aliphatic rings. The molecule has 2 aromatic carbocycles. The molecule has 0 atom stereocenters. The van der Waals surface area contributed by atoms with Gasteiger partial charge >= 0.3 is 5.97 Å². The molecule has 32 heavy (non-hydrogen) atoms. The van der Waals surface area contributed by atoms with Crippen molar-refractivity contribution in [3.63, 3.8) is 0 Å². The van der Waals surface area contributed by atoms with Crippen molar-refractivity contribution in [2.24, 2.45) is 0 Å². The van der Waals surface area contributed by atoms with Crippen LogP contribution in [0.4, 0.5) is 5.69 Å². The Bertz CT molecular complexity index is 1390. The third-order valence-electron chi connectivity index (χ3n) is 4.91. The summed E-state index contributed by atoms with van der Waals surface area (Å²) in [5, 5.41) is 3.73. The highest BCUT2D eigenvalue weighted by Crippen LogP contribution is 2.35. The van der Waals surface area contributed by atoms with Crippen molar-refractivity contribution in [3.05, 3.63) is 80.7 Å². The number of nitrogens with one attached hydrogen (secondary N) is 1. The van der Waals surface area contributed by atoms with Crippen LogP contribution in [0.2, 0.25) is 5.02 Å². The number of fused-ring (bicyclic) bond motifs is 1. The standard InChI is InChI=1S/C23H18ClN3O4S/c1-13-19(14-7-9-15(24)10-8-14)20-21(32-13)25-12-27(22(20)29)11-18(28)26-17-6-4-3-5-16(17)23(30)31-2/h3-10,12H,11H2,1-2H3,(H,26,28). The van der Waals surface area contributed by atoms with Crippen LogP contribution < -0.4 is 10.9 Å². The Balaban J connectivity index is 1.68. The predicted molar refractivity (Wildman–Crippen MR) is 125 cm³/mol. The monoisotopic (exact) mass is 467 g/mol. The van der Waals surface area contributed by atoms with Crippen LogP contribution in [0.3, 0.4) is 0 Å². The van der Waals surface area contributed by atoms with E-state index in [0.29, 0.717) is 20.9 Å². The van der Waals surface area contributed by atoms with Crippen molar-refractivity contribution in [1.82, 2.24) is 9.55 Å². The fourth-order valence-electron chi connectivity index (χ4n) is 3.44. The van der Waals surface area contributed by atoms with Crippen molar-refractivity contribution < 1.29 is 14.3 Å². The summed E-state index contributed by atoms with van der Waals surface area (Å²) in [5.74, 6) is -1.04. The quantitative estimate of drug-likeness (QED) is 0.436. The second-order valence-electron chi connectivity index (χ2n) is 6.98. The van der Waals surface area contributed by atoms with Crippen LogP contribution in [0.15, 0.2) is 59.7 Å². The van der Waals surface area contributed by atoms with Gasteiger partial charge in [-0.1, -0.05) is 35.9 Å². The number of para-hydroxylation sites is 1. The number of hydrogen-bond donors (Lipinski definition) is 1. The summed E-state index contributed by atoms with van der Waals surface area (Å²) in [7, 11) is 1.27. The number of amides is 1. The van der Waals surface area contributed by atoms with Gasteiger partial charge in [0.1, 0.15) is 11.4 Å². The molecule has 4 rings (SSSR count). The normalized spacial score (nSPS) is 10.8. The minimum Gasteiger partial charge on any atom is -0.465 e. The molecule has 162 valence electrons. The van der Waals surface area contributed by atoms with Crippen molar-refractivity contribution in [1.29, 1.82) is 0 Å². The van der Waals surface area contributed by atoms with Crippen molar-refractivity contribution in [2.45, 2.75) is 13.5 Å². The molecule has 9 heteroatoms. The maximum absolute atomic E-state index is 13.3. The topological polar surface area (TPSA) is 90.3 Å². The Morgan fingerprint density at radius 2 is 1.88 bits per heavy atom. The van der Waals surface area contributed by atoms with Crippen LogP contribution in [0.1, 0.15) is 15.2 Å². The van der Waals surface area contributed by atoms with Crippen LogP contribution in [0.25, 0.3) is 21.3 Å². The molecule has 0 spiro atoms. The van der Waals surface area contributed by atoms with E-state index >= 15 is 0 Å². The first kappa shape index (κ1) is 21.7. The Kier molecular flexibility index (Phi) is 6.07. The molecule has 0 bridgehead atoms. The first-order valence-electron chi connectivity index (χ1n) is 9.60. The molecular weight excluding hydrogens is 450 g/mol. The largest absolute Gasteiger partial charge is 0.465 e. The van der Waals surface area contributed by atoms with E-state index in [2.05, 4.69) is 10.3 Å². The van der Waals surface area contributed by atoms with Gasteiger partial charge in [0, 0.05) is 15.5 Å². The van der Waals surface area contributed by atoms with Gasteiger partial charge in [0.15, 0.2) is 0 Å². The van der Waals surface area contributed by atoms with Crippen molar-refractivity contribution in [3.8, 4) is 11.1 Å². The van der Waals surface area contributed by atoms with E-state index in [1.807, 2.05) is 19.1 Å². The van der Waals surface area contributed by atoms with Crippen LogP contribution in [-0.2, 0) is 16.1 Å². The summed E-state index contributed by atoms with van der Waals surface area (Å²) in [4.78, 5) is 43.8. The number of benzene rings is 2. The molecule has 0 unspecified atom stereocenters. The van der Waals surface area contributed by atoms with Crippen molar-refractivity contribution in [2.75, 3.05) is 12.4 Å². The maximum Gasteiger partial charge on any atom is 0.339 e. The number of carbonyl (C=O) groups excluding carboxylic acids is 2. The lowest BCUT2D eigenvalue weighted by molar-refractivity contribution is -0.116. The van der Waals surface area contributed by atoms with Gasteiger partial charge in [0.05, 0.1) is 30.1 Å². The van der Waals surface area contributed by atoms with Gasteiger partial charge < -0.3 is 10.1 Å². The first-order chi connectivity index (χ1) is 15.4. The van der Waals surface area contributed by atoms with E-state index in [0.717, 1.165) is 16.0 Å². The highest BCUT2D eigenvalue weighted by molar-refractivity contribution is 7.19. The average Bonchev–Trinajstić information content (AvgIpc) is 3.13. The van der Waals surface area contributed by atoms with E-state index in [-0.39, 0.29) is 17.7 Å². The molecule has 1 amide bonds. The SMILES string of the molecule is COC(=O)c1ccccc1NC(=O)Cn1cnc2sc(C)c(-c3ccc(Cl)cc3)c2c1=O. The second-order valence-corrected chi connectivity index (χ2v) is 8.62. The molecule has 2 heterocycles. The van der Waals surface area contributed by atoms with E-state index in [1.54, 1.807) is 36.4 Å². The Morgan fingerprint density at radius 3 is 2.59 bits per heavy atom. The second kappa shape index (κ2) is 8.94. The molecule has 0 aliphatic carbocycles. The number of aromatic nitrogens is 2. The number of rotatable bonds is 5. The smallest absolute Gasteiger partial charge is 0.339 e. The Labute approximate surface area is 192 Å². The van der Waals surface area contributed by atoms with E-state index in [4.69, 9.17) is 16.3 Å². The van der Waals surface area contributed by atoms with Crippen LogP contribution >= 0.6 is 22.9 Å². The van der Waals surface area contributed by atoms with Crippen LogP contribution in [0, 0.1) is 6.92 Å². The van der Waals surface area contributed by atoms with Gasteiger partial charge in [-0.25, -0.2) is 9.78 Å². The van der Waals surface area contributed by atoms with E-state index < -0.39 is 11.9 Å². The molecular formula is C23H18ClN3O4S. The highest BCUT2D eigenvalue weighted by atomic mass is 35.5. The number of thiophene rings is 1.